The molecule has 0 aliphatic carbocycles. The van der Waals surface area contributed by atoms with Gasteiger partial charge < -0.3 is 9.84 Å². The predicted octanol–water partition coefficient (Wildman–Crippen LogP) is 2.77. The van der Waals surface area contributed by atoms with Crippen LogP contribution in [0.25, 0.3) is 0 Å². The Kier molecular flexibility index (Phi) is 5.69. The summed E-state index contributed by atoms with van der Waals surface area (Å²) in [6.45, 7) is -0.300. The molecule has 1 N–H and O–H groups in total. The first kappa shape index (κ1) is 18.1. The molecule has 0 bridgehead atoms. The van der Waals surface area contributed by atoms with Gasteiger partial charge in [-0.15, -0.1) is 0 Å². The Labute approximate surface area is 145 Å². The number of carboxylic acid groups (broad SMARTS) is 1. The van der Waals surface area contributed by atoms with Gasteiger partial charge in [0.15, 0.2) is 6.61 Å². The fourth-order valence-corrected chi connectivity index (χ4v) is 3.02. The highest BCUT2D eigenvalue weighted by Crippen LogP contribution is 2.24. The molecule has 0 aromatic heterocycles. The van der Waals surface area contributed by atoms with E-state index in [0.29, 0.717) is 16.5 Å². The number of benzene rings is 2. The molecule has 0 unspecified atom stereocenters. The Morgan fingerprint density at radius 2 is 1.71 bits per heavy atom. The summed E-state index contributed by atoms with van der Waals surface area (Å²) in [7, 11) is -3.50. The van der Waals surface area contributed by atoms with Gasteiger partial charge in [-0.25, -0.2) is 13.2 Å². The number of carbonyl (C=O) groups is 1. The molecular formula is C16H16ClNO5S. The van der Waals surface area contributed by atoms with Crippen LogP contribution in [-0.4, -0.2) is 32.4 Å². The number of sulfonamides is 1. The van der Waals surface area contributed by atoms with Crippen molar-refractivity contribution in [1.82, 2.24) is 0 Å². The molecule has 0 atom stereocenters. The van der Waals surface area contributed by atoms with Crippen LogP contribution in [0.4, 0.5) is 5.69 Å². The lowest BCUT2D eigenvalue weighted by atomic mass is 10.2. The fraction of sp³-hybridized carbons (Fsp3) is 0.188. The van der Waals surface area contributed by atoms with Gasteiger partial charge in [0.1, 0.15) is 5.75 Å². The van der Waals surface area contributed by atoms with E-state index in [1.54, 1.807) is 36.4 Å². The maximum atomic E-state index is 12.1. The zero-order valence-corrected chi connectivity index (χ0v) is 14.4. The van der Waals surface area contributed by atoms with Gasteiger partial charge in [0, 0.05) is 5.02 Å². The van der Waals surface area contributed by atoms with Gasteiger partial charge in [0.2, 0.25) is 10.0 Å². The molecule has 0 aliphatic rings. The highest BCUT2D eigenvalue weighted by Gasteiger charge is 2.18. The molecule has 0 fully saturated rings. The predicted molar refractivity (Wildman–Crippen MR) is 92.1 cm³/mol. The molecule has 0 saturated heterocycles. The van der Waals surface area contributed by atoms with Crippen LogP contribution in [-0.2, 0) is 21.4 Å². The molecule has 0 radical (unpaired) electrons. The van der Waals surface area contributed by atoms with Crippen molar-refractivity contribution in [2.24, 2.45) is 0 Å². The van der Waals surface area contributed by atoms with Gasteiger partial charge in [-0.3, -0.25) is 4.31 Å². The molecule has 128 valence electrons. The summed E-state index contributed by atoms with van der Waals surface area (Å²) in [5, 5.41) is 9.16. The SMILES string of the molecule is CS(=O)(=O)N(Cc1ccc(Cl)cc1)c1ccc(OCC(=O)O)cc1. The third-order valence-corrected chi connectivity index (χ3v) is 4.52. The Morgan fingerprint density at radius 1 is 1.12 bits per heavy atom. The molecule has 2 rings (SSSR count). The minimum Gasteiger partial charge on any atom is -0.482 e. The van der Waals surface area contributed by atoms with E-state index < -0.39 is 22.6 Å². The van der Waals surface area contributed by atoms with Gasteiger partial charge in [-0.1, -0.05) is 23.7 Å². The molecule has 0 saturated carbocycles. The van der Waals surface area contributed by atoms with Crippen LogP contribution < -0.4 is 9.04 Å². The summed E-state index contributed by atoms with van der Waals surface area (Å²) in [6.07, 6.45) is 1.12. The summed E-state index contributed by atoms with van der Waals surface area (Å²) < 4.78 is 30.5. The molecule has 6 nitrogen and oxygen atoms in total. The van der Waals surface area contributed by atoms with Crippen LogP contribution in [0.1, 0.15) is 5.56 Å². The van der Waals surface area contributed by atoms with E-state index in [2.05, 4.69) is 0 Å². The Morgan fingerprint density at radius 3 is 2.21 bits per heavy atom. The van der Waals surface area contributed by atoms with Crippen molar-refractivity contribution in [2.75, 3.05) is 17.2 Å². The standard InChI is InChI=1S/C16H16ClNO5S/c1-24(21,22)18(10-12-2-4-13(17)5-3-12)14-6-8-15(9-7-14)23-11-16(19)20/h2-9H,10-11H2,1H3,(H,19,20). The molecule has 0 spiro atoms. The molecular weight excluding hydrogens is 354 g/mol. The lowest BCUT2D eigenvalue weighted by Gasteiger charge is -2.22. The van der Waals surface area contributed by atoms with Crippen molar-refractivity contribution < 1.29 is 23.1 Å². The second-order valence-corrected chi connectivity index (χ2v) is 7.42. The van der Waals surface area contributed by atoms with Crippen molar-refractivity contribution in [1.29, 1.82) is 0 Å². The smallest absolute Gasteiger partial charge is 0.341 e. The van der Waals surface area contributed by atoms with Crippen LogP contribution in [0.5, 0.6) is 5.75 Å². The van der Waals surface area contributed by atoms with E-state index in [4.69, 9.17) is 21.4 Å². The van der Waals surface area contributed by atoms with Crippen molar-refractivity contribution in [3.05, 3.63) is 59.1 Å². The maximum Gasteiger partial charge on any atom is 0.341 e. The third-order valence-electron chi connectivity index (χ3n) is 3.13. The monoisotopic (exact) mass is 369 g/mol. The van der Waals surface area contributed by atoms with Gasteiger partial charge in [0.05, 0.1) is 18.5 Å². The minimum atomic E-state index is -3.50. The number of anilines is 1. The molecule has 0 heterocycles. The zero-order valence-electron chi connectivity index (χ0n) is 12.8. The molecule has 8 heteroatoms. The number of carboxylic acids is 1. The summed E-state index contributed by atoms with van der Waals surface area (Å²) in [5.41, 5.74) is 1.24. The number of hydrogen-bond acceptors (Lipinski definition) is 4. The zero-order chi connectivity index (χ0) is 17.7. The molecule has 2 aromatic carbocycles. The highest BCUT2D eigenvalue weighted by molar-refractivity contribution is 7.92. The van der Waals surface area contributed by atoms with E-state index in [-0.39, 0.29) is 6.54 Å². The van der Waals surface area contributed by atoms with Crippen molar-refractivity contribution in [2.45, 2.75) is 6.54 Å². The lowest BCUT2D eigenvalue weighted by Crippen LogP contribution is -2.29. The second-order valence-electron chi connectivity index (χ2n) is 5.07. The lowest BCUT2D eigenvalue weighted by molar-refractivity contribution is -0.139. The van der Waals surface area contributed by atoms with E-state index in [1.807, 2.05) is 0 Å². The first-order chi connectivity index (χ1) is 11.3. The van der Waals surface area contributed by atoms with E-state index in [1.165, 1.54) is 16.4 Å². The summed E-state index contributed by atoms with van der Waals surface area (Å²) in [4.78, 5) is 10.5. The van der Waals surface area contributed by atoms with Crippen molar-refractivity contribution >= 4 is 33.3 Å². The van der Waals surface area contributed by atoms with Gasteiger partial charge in [-0.2, -0.15) is 0 Å². The number of halogens is 1. The second kappa shape index (κ2) is 7.55. The fourth-order valence-electron chi connectivity index (χ4n) is 2.01. The molecule has 0 aliphatic heterocycles. The summed E-state index contributed by atoms with van der Waals surface area (Å²) >= 11 is 5.84. The van der Waals surface area contributed by atoms with E-state index in [9.17, 15) is 13.2 Å². The Hall–Kier alpha value is -2.25. The van der Waals surface area contributed by atoms with Crippen LogP contribution in [0.15, 0.2) is 48.5 Å². The van der Waals surface area contributed by atoms with E-state index >= 15 is 0 Å². The van der Waals surface area contributed by atoms with Crippen molar-refractivity contribution in [3.63, 3.8) is 0 Å². The van der Waals surface area contributed by atoms with Gasteiger partial charge in [-0.05, 0) is 42.0 Å². The van der Waals surface area contributed by atoms with Gasteiger partial charge >= 0.3 is 5.97 Å². The molecule has 24 heavy (non-hydrogen) atoms. The highest BCUT2D eigenvalue weighted by atomic mass is 35.5. The number of nitrogens with zero attached hydrogens (tertiary/aromatic N) is 1. The van der Waals surface area contributed by atoms with Crippen LogP contribution in [0.3, 0.4) is 0 Å². The first-order valence-corrected chi connectivity index (χ1v) is 9.15. The Balaban J connectivity index is 2.22. The topological polar surface area (TPSA) is 83.9 Å². The quantitative estimate of drug-likeness (QED) is 0.811. The number of ether oxygens (including phenoxy) is 1. The molecule has 0 amide bonds. The van der Waals surface area contributed by atoms with Gasteiger partial charge in [0.25, 0.3) is 0 Å². The van der Waals surface area contributed by atoms with Crippen LogP contribution >= 0.6 is 11.6 Å². The molecule has 2 aromatic rings. The van der Waals surface area contributed by atoms with Crippen LogP contribution in [0.2, 0.25) is 5.02 Å². The number of rotatable bonds is 7. The van der Waals surface area contributed by atoms with Crippen molar-refractivity contribution in [3.8, 4) is 5.75 Å². The maximum absolute atomic E-state index is 12.1. The number of aliphatic carboxylic acids is 1. The average Bonchev–Trinajstić information content (AvgIpc) is 2.52. The summed E-state index contributed by atoms with van der Waals surface area (Å²) in [5.74, 6) is -0.735. The Bertz CT molecular complexity index is 803. The van der Waals surface area contributed by atoms with Crippen LogP contribution in [0, 0.1) is 0 Å². The largest absolute Gasteiger partial charge is 0.482 e. The number of hydrogen-bond donors (Lipinski definition) is 1. The minimum absolute atomic E-state index is 0.158. The summed E-state index contributed by atoms with van der Waals surface area (Å²) in [6, 6.07) is 13.1. The first-order valence-electron chi connectivity index (χ1n) is 6.92. The third kappa shape index (κ3) is 5.14. The van der Waals surface area contributed by atoms with E-state index in [0.717, 1.165) is 11.8 Å². The normalized spacial score (nSPS) is 11.1. The average molecular weight is 370 g/mol.